The Morgan fingerprint density at radius 3 is 2.57 bits per heavy atom. The summed E-state index contributed by atoms with van der Waals surface area (Å²) in [7, 11) is 0. The van der Waals surface area contributed by atoms with Crippen molar-refractivity contribution in [1.82, 2.24) is 19.7 Å². The summed E-state index contributed by atoms with van der Waals surface area (Å²) in [5.41, 5.74) is 9.00. The largest absolute Gasteiger partial charge is 0.481 e. The summed E-state index contributed by atoms with van der Waals surface area (Å²) in [6.07, 6.45) is 1.42. The summed E-state index contributed by atoms with van der Waals surface area (Å²) in [5, 5.41) is 14.2. The molecule has 1 aromatic carbocycles. The molecule has 7 heteroatoms. The van der Waals surface area contributed by atoms with Crippen molar-refractivity contribution in [1.29, 1.82) is 0 Å². The molecule has 3 rings (SSSR count). The maximum atomic E-state index is 10.8. The van der Waals surface area contributed by atoms with Gasteiger partial charge >= 0.3 is 5.97 Å². The van der Waals surface area contributed by atoms with Gasteiger partial charge in [-0.05, 0) is 19.4 Å². The van der Waals surface area contributed by atoms with Gasteiger partial charge < -0.3 is 10.8 Å². The van der Waals surface area contributed by atoms with Gasteiger partial charge in [0.15, 0.2) is 5.65 Å². The number of anilines is 1. The molecule has 23 heavy (non-hydrogen) atoms. The average molecular weight is 311 g/mol. The van der Waals surface area contributed by atoms with Gasteiger partial charge in [-0.15, -0.1) is 0 Å². The van der Waals surface area contributed by atoms with E-state index in [1.165, 1.54) is 6.33 Å². The standard InChI is InChI=1S/C16H17N5O2/c1-9(2)21-16-13(15(17)18-8-19-16)14(20-21)11-5-3-10(4-6-11)7-12(22)23/h3-6,8-9H,7H2,1-2H3,(H,22,23)(H2,17,18,19). The van der Waals surface area contributed by atoms with Crippen molar-refractivity contribution in [2.24, 2.45) is 0 Å². The Balaban J connectivity index is 2.14. The average Bonchev–Trinajstić information content (AvgIpc) is 2.89. The summed E-state index contributed by atoms with van der Waals surface area (Å²) in [5.74, 6) is -0.476. The van der Waals surface area contributed by atoms with Gasteiger partial charge in [-0.2, -0.15) is 5.10 Å². The van der Waals surface area contributed by atoms with Crippen molar-refractivity contribution in [3.8, 4) is 11.3 Å². The number of benzene rings is 1. The lowest BCUT2D eigenvalue weighted by Gasteiger charge is -2.05. The number of nitrogens with zero attached hydrogens (tertiary/aromatic N) is 4. The van der Waals surface area contributed by atoms with Crippen LogP contribution in [0.25, 0.3) is 22.3 Å². The maximum Gasteiger partial charge on any atom is 0.307 e. The number of nitrogens with two attached hydrogens (primary N) is 1. The Labute approximate surface area is 132 Å². The lowest BCUT2D eigenvalue weighted by Crippen LogP contribution is -2.04. The van der Waals surface area contributed by atoms with Gasteiger partial charge in [-0.3, -0.25) is 4.79 Å². The van der Waals surface area contributed by atoms with E-state index in [1.54, 1.807) is 12.1 Å². The van der Waals surface area contributed by atoms with Crippen LogP contribution in [0, 0.1) is 0 Å². The van der Waals surface area contributed by atoms with Gasteiger partial charge in [-0.1, -0.05) is 24.3 Å². The molecule has 0 amide bonds. The Morgan fingerprint density at radius 1 is 1.26 bits per heavy atom. The van der Waals surface area contributed by atoms with Crippen LogP contribution in [0.4, 0.5) is 5.82 Å². The first-order valence-electron chi connectivity index (χ1n) is 7.27. The van der Waals surface area contributed by atoms with Crippen molar-refractivity contribution in [2.45, 2.75) is 26.3 Å². The highest BCUT2D eigenvalue weighted by Crippen LogP contribution is 2.31. The Morgan fingerprint density at radius 2 is 1.96 bits per heavy atom. The van der Waals surface area contributed by atoms with E-state index in [4.69, 9.17) is 10.8 Å². The molecule has 0 aliphatic carbocycles. The zero-order valence-corrected chi connectivity index (χ0v) is 12.9. The van der Waals surface area contributed by atoms with Crippen LogP contribution in [0.3, 0.4) is 0 Å². The van der Waals surface area contributed by atoms with E-state index in [0.717, 1.165) is 11.1 Å². The van der Waals surface area contributed by atoms with Crippen LogP contribution in [0.5, 0.6) is 0 Å². The van der Waals surface area contributed by atoms with E-state index in [1.807, 2.05) is 30.7 Å². The highest BCUT2D eigenvalue weighted by Gasteiger charge is 2.18. The van der Waals surface area contributed by atoms with Crippen LogP contribution in [0.1, 0.15) is 25.5 Å². The quantitative estimate of drug-likeness (QED) is 0.765. The predicted octanol–water partition coefficient (Wildman–Crippen LogP) is 2.28. The third kappa shape index (κ3) is 2.73. The zero-order chi connectivity index (χ0) is 16.6. The number of carboxylic acid groups (broad SMARTS) is 1. The van der Waals surface area contributed by atoms with Gasteiger partial charge in [0.1, 0.15) is 17.8 Å². The number of hydrogen-bond acceptors (Lipinski definition) is 5. The van der Waals surface area contributed by atoms with Crippen molar-refractivity contribution < 1.29 is 9.90 Å². The van der Waals surface area contributed by atoms with E-state index >= 15 is 0 Å². The van der Waals surface area contributed by atoms with E-state index < -0.39 is 5.97 Å². The van der Waals surface area contributed by atoms with E-state index in [2.05, 4.69) is 15.1 Å². The summed E-state index contributed by atoms with van der Waals surface area (Å²) >= 11 is 0. The minimum atomic E-state index is -0.857. The van der Waals surface area contributed by atoms with Crippen LogP contribution in [0.15, 0.2) is 30.6 Å². The Bertz CT molecular complexity index is 868. The molecule has 0 radical (unpaired) electrons. The minimum Gasteiger partial charge on any atom is -0.481 e. The van der Waals surface area contributed by atoms with Crippen molar-refractivity contribution in [3.05, 3.63) is 36.2 Å². The molecular formula is C16H17N5O2. The lowest BCUT2D eigenvalue weighted by molar-refractivity contribution is -0.136. The summed E-state index contributed by atoms with van der Waals surface area (Å²) < 4.78 is 1.81. The molecule has 0 aliphatic heterocycles. The Kier molecular flexibility index (Phi) is 3.69. The fraction of sp³-hybridized carbons (Fsp3) is 0.250. The van der Waals surface area contributed by atoms with Crippen LogP contribution in [-0.2, 0) is 11.2 Å². The van der Waals surface area contributed by atoms with Gasteiger partial charge in [0, 0.05) is 11.6 Å². The molecule has 118 valence electrons. The number of aromatic nitrogens is 4. The SMILES string of the molecule is CC(C)n1nc(-c2ccc(CC(=O)O)cc2)c2c(N)ncnc21. The molecular weight excluding hydrogens is 294 g/mol. The molecule has 0 bridgehead atoms. The molecule has 2 heterocycles. The van der Waals surface area contributed by atoms with Crippen molar-refractivity contribution in [2.75, 3.05) is 5.73 Å². The summed E-state index contributed by atoms with van der Waals surface area (Å²) in [4.78, 5) is 19.1. The summed E-state index contributed by atoms with van der Waals surface area (Å²) in [6.45, 7) is 4.04. The van der Waals surface area contributed by atoms with Crippen LogP contribution >= 0.6 is 0 Å². The molecule has 3 aromatic rings. The second-order valence-corrected chi connectivity index (χ2v) is 5.61. The fourth-order valence-electron chi connectivity index (χ4n) is 2.51. The number of carbonyl (C=O) groups is 1. The number of hydrogen-bond donors (Lipinski definition) is 2. The first-order chi connectivity index (χ1) is 11.0. The molecule has 0 spiro atoms. The number of rotatable bonds is 4. The van der Waals surface area contributed by atoms with Crippen LogP contribution in [-0.4, -0.2) is 30.8 Å². The number of carboxylic acids is 1. The molecule has 7 nitrogen and oxygen atoms in total. The Hall–Kier alpha value is -2.96. The van der Waals surface area contributed by atoms with E-state index in [-0.39, 0.29) is 12.5 Å². The van der Waals surface area contributed by atoms with Crippen LogP contribution < -0.4 is 5.73 Å². The first-order valence-corrected chi connectivity index (χ1v) is 7.27. The van der Waals surface area contributed by atoms with E-state index in [9.17, 15) is 4.79 Å². The van der Waals surface area contributed by atoms with Gasteiger partial charge in [0.2, 0.25) is 0 Å². The van der Waals surface area contributed by atoms with Gasteiger partial charge in [0.25, 0.3) is 0 Å². The smallest absolute Gasteiger partial charge is 0.307 e. The monoisotopic (exact) mass is 311 g/mol. The molecule has 3 N–H and O–H groups in total. The van der Waals surface area contributed by atoms with Crippen molar-refractivity contribution >= 4 is 22.8 Å². The summed E-state index contributed by atoms with van der Waals surface area (Å²) in [6, 6.07) is 7.38. The fourth-order valence-corrected chi connectivity index (χ4v) is 2.51. The topological polar surface area (TPSA) is 107 Å². The number of aliphatic carboxylic acids is 1. The van der Waals surface area contributed by atoms with Crippen molar-refractivity contribution in [3.63, 3.8) is 0 Å². The van der Waals surface area contributed by atoms with Gasteiger partial charge in [0.05, 0.1) is 11.8 Å². The number of fused-ring (bicyclic) bond motifs is 1. The zero-order valence-electron chi connectivity index (χ0n) is 12.9. The second-order valence-electron chi connectivity index (χ2n) is 5.61. The molecule has 0 saturated carbocycles. The highest BCUT2D eigenvalue weighted by atomic mass is 16.4. The first kappa shape index (κ1) is 15.0. The van der Waals surface area contributed by atoms with Crippen LogP contribution in [0.2, 0.25) is 0 Å². The third-order valence-corrected chi connectivity index (χ3v) is 3.59. The predicted molar refractivity (Wildman–Crippen MR) is 86.9 cm³/mol. The minimum absolute atomic E-state index is 0.00723. The maximum absolute atomic E-state index is 10.8. The van der Waals surface area contributed by atoms with Gasteiger partial charge in [-0.25, -0.2) is 14.6 Å². The normalized spacial score (nSPS) is 11.3. The lowest BCUT2D eigenvalue weighted by atomic mass is 10.1. The second kappa shape index (κ2) is 5.68. The third-order valence-electron chi connectivity index (χ3n) is 3.59. The highest BCUT2D eigenvalue weighted by molar-refractivity contribution is 5.98. The molecule has 0 atom stereocenters. The molecule has 0 saturated heterocycles. The molecule has 2 aromatic heterocycles. The molecule has 0 fully saturated rings. The molecule has 0 unspecified atom stereocenters. The number of nitrogen functional groups attached to an aromatic ring is 1. The molecule has 0 aliphatic rings. The van der Waals surface area contributed by atoms with E-state index in [0.29, 0.717) is 22.5 Å².